The van der Waals surface area contributed by atoms with E-state index in [1.54, 1.807) is 11.3 Å². The molecule has 0 aromatic carbocycles. The van der Waals surface area contributed by atoms with Crippen molar-refractivity contribution in [3.63, 3.8) is 0 Å². The highest BCUT2D eigenvalue weighted by Gasteiger charge is 2.16. The van der Waals surface area contributed by atoms with Gasteiger partial charge in [0, 0.05) is 19.2 Å². The van der Waals surface area contributed by atoms with E-state index in [2.05, 4.69) is 29.1 Å². The Kier molecular flexibility index (Phi) is 7.12. The third-order valence-corrected chi connectivity index (χ3v) is 3.91. The number of nitrogens with one attached hydrogen (secondary N) is 1. The van der Waals surface area contributed by atoms with Crippen LogP contribution in [0.4, 0.5) is 0 Å². The summed E-state index contributed by atoms with van der Waals surface area (Å²) in [5, 5.41) is 7.90. The van der Waals surface area contributed by atoms with E-state index in [0.29, 0.717) is 12.1 Å². The molecule has 0 saturated carbocycles. The molecule has 1 aromatic heterocycles. The van der Waals surface area contributed by atoms with Gasteiger partial charge in [-0.25, -0.2) is 0 Å². The standard InChI is InChI=1S/C13H21NOS.ClH/c1-11(4-5-13-3-2-7-15-13)14-9-12-6-8-16-10-12;/h6,8,10-11,13-14H,2-5,7,9H2,1H3;1H. The van der Waals surface area contributed by atoms with Gasteiger partial charge in [-0.05, 0) is 55.0 Å². The molecular weight excluding hydrogens is 254 g/mol. The first-order valence-electron chi connectivity index (χ1n) is 6.20. The van der Waals surface area contributed by atoms with Gasteiger partial charge in [-0.2, -0.15) is 11.3 Å². The Morgan fingerprint density at radius 3 is 3.12 bits per heavy atom. The number of hydrogen-bond acceptors (Lipinski definition) is 3. The number of ether oxygens (including phenoxy) is 1. The van der Waals surface area contributed by atoms with Gasteiger partial charge in [-0.15, -0.1) is 12.4 Å². The second-order valence-corrected chi connectivity index (χ2v) is 5.41. The second kappa shape index (κ2) is 8.09. The van der Waals surface area contributed by atoms with Gasteiger partial charge < -0.3 is 10.1 Å². The topological polar surface area (TPSA) is 21.3 Å². The van der Waals surface area contributed by atoms with Gasteiger partial charge in [0.15, 0.2) is 0 Å². The predicted molar refractivity (Wildman–Crippen MR) is 76.1 cm³/mol. The van der Waals surface area contributed by atoms with Crippen LogP contribution in [0.25, 0.3) is 0 Å². The number of thiophene rings is 1. The Morgan fingerprint density at radius 2 is 2.47 bits per heavy atom. The van der Waals surface area contributed by atoms with E-state index in [-0.39, 0.29) is 12.4 Å². The quantitative estimate of drug-likeness (QED) is 0.856. The van der Waals surface area contributed by atoms with Crippen LogP contribution in [0.15, 0.2) is 16.8 Å². The largest absolute Gasteiger partial charge is 0.378 e. The van der Waals surface area contributed by atoms with Crippen molar-refractivity contribution in [2.24, 2.45) is 0 Å². The Morgan fingerprint density at radius 1 is 1.59 bits per heavy atom. The molecule has 1 saturated heterocycles. The van der Waals surface area contributed by atoms with Gasteiger partial charge in [-0.1, -0.05) is 0 Å². The second-order valence-electron chi connectivity index (χ2n) is 4.63. The van der Waals surface area contributed by atoms with Crippen LogP contribution in [0.5, 0.6) is 0 Å². The number of rotatable bonds is 6. The minimum atomic E-state index is 0. The summed E-state index contributed by atoms with van der Waals surface area (Å²) < 4.78 is 5.63. The Labute approximate surface area is 114 Å². The van der Waals surface area contributed by atoms with Crippen molar-refractivity contribution in [1.82, 2.24) is 5.32 Å². The van der Waals surface area contributed by atoms with E-state index in [1.807, 2.05) is 0 Å². The van der Waals surface area contributed by atoms with Gasteiger partial charge in [0.05, 0.1) is 6.10 Å². The summed E-state index contributed by atoms with van der Waals surface area (Å²) in [5.41, 5.74) is 1.40. The fraction of sp³-hybridized carbons (Fsp3) is 0.692. The highest BCUT2D eigenvalue weighted by molar-refractivity contribution is 7.07. The molecule has 2 heterocycles. The molecule has 0 bridgehead atoms. The van der Waals surface area contributed by atoms with Crippen LogP contribution in [-0.4, -0.2) is 18.8 Å². The lowest BCUT2D eigenvalue weighted by molar-refractivity contribution is 0.100. The third kappa shape index (κ3) is 5.38. The minimum Gasteiger partial charge on any atom is -0.378 e. The van der Waals surface area contributed by atoms with E-state index in [0.717, 1.165) is 13.2 Å². The van der Waals surface area contributed by atoms with Crippen molar-refractivity contribution in [2.45, 2.75) is 51.3 Å². The highest BCUT2D eigenvalue weighted by atomic mass is 35.5. The zero-order valence-corrected chi connectivity index (χ0v) is 12.0. The van der Waals surface area contributed by atoms with Crippen LogP contribution >= 0.6 is 23.7 Å². The summed E-state index contributed by atoms with van der Waals surface area (Å²) in [6, 6.07) is 2.77. The summed E-state index contributed by atoms with van der Waals surface area (Å²) in [4.78, 5) is 0. The summed E-state index contributed by atoms with van der Waals surface area (Å²) in [7, 11) is 0. The average Bonchev–Trinajstić information content (AvgIpc) is 2.96. The maximum atomic E-state index is 5.63. The van der Waals surface area contributed by atoms with Crippen LogP contribution in [0.3, 0.4) is 0 Å². The summed E-state index contributed by atoms with van der Waals surface area (Å²) in [6.45, 7) is 4.24. The molecule has 0 amide bonds. The van der Waals surface area contributed by atoms with Gasteiger partial charge in [-0.3, -0.25) is 0 Å². The van der Waals surface area contributed by atoms with E-state index in [1.165, 1.54) is 31.2 Å². The molecule has 1 aliphatic rings. The third-order valence-electron chi connectivity index (χ3n) is 3.18. The molecule has 17 heavy (non-hydrogen) atoms. The molecule has 1 aliphatic heterocycles. The Hall–Kier alpha value is -0.0900. The molecule has 4 heteroatoms. The lowest BCUT2D eigenvalue weighted by Gasteiger charge is -2.15. The van der Waals surface area contributed by atoms with Gasteiger partial charge in [0.1, 0.15) is 0 Å². The molecule has 1 fully saturated rings. The zero-order valence-electron chi connectivity index (χ0n) is 10.4. The van der Waals surface area contributed by atoms with E-state index >= 15 is 0 Å². The normalized spacial score (nSPS) is 21.1. The molecule has 2 unspecified atom stereocenters. The van der Waals surface area contributed by atoms with Crippen molar-refractivity contribution in [2.75, 3.05) is 6.61 Å². The lowest BCUT2D eigenvalue weighted by Crippen LogP contribution is -2.26. The maximum absolute atomic E-state index is 5.63. The predicted octanol–water partition coefficient (Wildman–Crippen LogP) is 3.61. The van der Waals surface area contributed by atoms with Crippen molar-refractivity contribution in [1.29, 1.82) is 0 Å². The molecule has 2 nitrogen and oxygen atoms in total. The molecule has 0 spiro atoms. The smallest absolute Gasteiger partial charge is 0.0576 e. The van der Waals surface area contributed by atoms with E-state index in [9.17, 15) is 0 Å². The summed E-state index contributed by atoms with van der Waals surface area (Å²) in [5.74, 6) is 0. The molecule has 98 valence electrons. The van der Waals surface area contributed by atoms with Crippen LogP contribution in [-0.2, 0) is 11.3 Å². The van der Waals surface area contributed by atoms with Gasteiger partial charge >= 0.3 is 0 Å². The molecule has 1 aromatic rings. The molecule has 1 N–H and O–H groups in total. The maximum Gasteiger partial charge on any atom is 0.0576 e. The molecular formula is C13H22ClNOS. The molecule has 0 aliphatic carbocycles. The van der Waals surface area contributed by atoms with Gasteiger partial charge in [0.2, 0.25) is 0 Å². The van der Waals surface area contributed by atoms with Crippen molar-refractivity contribution in [3.8, 4) is 0 Å². The van der Waals surface area contributed by atoms with Crippen molar-refractivity contribution in [3.05, 3.63) is 22.4 Å². The molecule has 2 atom stereocenters. The average molecular weight is 276 g/mol. The summed E-state index contributed by atoms with van der Waals surface area (Å²) in [6.07, 6.45) is 5.47. The molecule has 2 rings (SSSR count). The highest BCUT2D eigenvalue weighted by Crippen LogP contribution is 2.17. The van der Waals surface area contributed by atoms with Crippen LogP contribution in [0, 0.1) is 0 Å². The summed E-state index contributed by atoms with van der Waals surface area (Å²) >= 11 is 1.77. The SMILES string of the molecule is CC(CCC1CCCO1)NCc1ccsc1.Cl. The first-order valence-corrected chi connectivity index (χ1v) is 7.15. The fourth-order valence-corrected chi connectivity index (χ4v) is 2.76. The van der Waals surface area contributed by atoms with Crippen molar-refractivity contribution < 1.29 is 4.74 Å². The van der Waals surface area contributed by atoms with E-state index < -0.39 is 0 Å². The minimum absolute atomic E-state index is 0. The molecule has 0 radical (unpaired) electrons. The van der Waals surface area contributed by atoms with E-state index in [4.69, 9.17) is 4.74 Å². The monoisotopic (exact) mass is 275 g/mol. The number of halogens is 1. The first-order chi connectivity index (χ1) is 7.84. The Balaban J connectivity index is 0.00000144. The number of hydrogen-bond donors (Lipinski definition) is 1. The lowest BCUT2D eigenvalue weighted by atomic mass is 10.1. The fourth-order valence-electron chi connectivity index (χ4n) is 2.10. The van der Waals surface area contributed by atoms with Crippen LogP contribution in [0.2, 0.25) is 0 Å². The van der Waals surface area contributed by atoms with Crippen LogP contribution in [0.1, 0.15) is 38.2 Å². The van der Waals surface area contributed by atoms with Crippen molar-refractivity contribution >= 4 is 23.7 Å². The Bertz CT molecular complexity index is 286. The van der Waals surface area contributed by atoms with Crippen LogP contribution < -0.4 is 5.32 Å². The zero-order chi connectivity index (χ0) is 11.2. The first kappa shape index (κ1) is 15.0. The van der Waals surface area contributed by atoms with Gasteiger partial charge in [0.25, 0.3) is 0 Å².